The largest absolute Gasteiger partial charge is 0.465 e. The van der Waals surface area contributed by atoms with Gasteiger partial charge in [0, 0.05) is 5.56 Å². The van der Waals surface area contributed by atoms with Crippen molar-refractivity contribution < 1.29 is 9.90 Å². The van der Waals surface area contributed by atoms with E-state index in [2.05, 4.69) is 10.3 Å². The Kier molecular flexibility index (Phi) is 2.82. The quantitative estimate of drug-likeness (QED) is 0.807. The second-order valence-corrected chi connectivity index (χ2v) is 3.23. The molecule has 1 amide bonds. The number of carboxylic acid groups (broad SMARTS) is 1. The first-order chi connectivity index (χ1) is 7.75. The Morgan fingerprint density at radius 2 is 1.88 bits per heavy atom. The predicted octanol–water partition coefficient (Wildman–Crippen LogP) is 2.84. The third-order valence-corrected chi connectivity index (χ3v) is 2.08. The zero-order valence-corrected chi connectivity index (χ0v) is 8.42. The minimum atomic E-state index is -1.09. The molecule has 0 aliphatic heterocycles. The Balaban J connectivity index is 2.23. The fourth-order valence-electron chi connectivity index (χ4n) is 1.37. The van der Waals surface area contributed by atoms with Crippen LogP contribution in [0.5, 0.6) is 0 Å². The number of nitrogens with one attached hydrogen (secondary N) is 1. The first-order valence-corrected chi connectivity index (χ1v) is 4.77. The van der Waals surface area contributed by atoms with Crippen molar-refractivity contribution in [1.29, 1.82) is 0 Å². The topological polar surface area (TPSA) is 62.2 Å². The molecule has 1 aromatic heterocycles. The van der Waals surface area contributed by atoms with E-state index in [1.54, 1.807) is 12.1 Å². The highest BCUT2D eigenvalue weighted by Crippen LogP contribution is 2.17. The fourth-order valence-corrected chi connectivity index (χ4v) is 1.37. The Morgan fingerprint density at radius 3 is 2.44 bits per heavy atom. The van der Waals surface area contributed by atoms with Crippen molar-refractivity contribution in [3.63, 3.8) is 0 Å². The molecule has 0 saturated heterocycles. The summed E-state index contributed by atoms with van der Waals surface area (Å²) < 4.78 is 0. The van der Waals surface area contributed by atoms with E-state index in [1.807, 2.05) is 30.3 Å². The molecule has 4 heteroatoms. The molecule has 4 nitrogen and oxygen atoms in total. The number of hydrogen-bond donors (Lipinski definition) is 2. The van der Waals surface area contributed by atoms with E-state index in [4.69, 9.17) is 5.11 Å². The van der Waals surface area contributed by atoms with Gasteiger partial charge in [-0.1, -0.05) is 30.3 Å². The SMILES string of the molecule is O=C(O)Nc1ccc(-c2ccccc2)nc1. The van der Waals surface area contributed by atoms with Gasteiger partial charge in [0.15, 0.2) is 0 Å². The van der Waals surface area contributed by atoms with Crippen LogP contribution < -0.4 is 5.32 Å². The number of rotatable bonds is 2. The van der Waals surface area contributed by atoms with E-state index >= 15 is 0 Å². The number of benzene rings is 1. The van der Waals surface area contributed by atoms with Gasteiger partial charge in [0.25, 0.3) is 0 Å². The first kappa shape index (κ1) is 10.2. The molecule has 2 aromatic rings. The molecule has 1 heterocycles. The molecule has 0 radical (unpaired) electrons. The molecule has 16 heavy (non-hydrogen) atoms. The standard InChI is InChI=1S/C12H10N2O2/c15-12(16)14-10-6-7-11(13-8-10)9-4-2-1-3-5-9/h1-8,14H,(H,15,16). The molecule has 2 N–H and O–H groups in total. The van der Waals surface area contributed by atoms with Gasteiger partial charge in [0.1, 0.15) is 0 Å². The normalized spacial score (nSPS) is 9.75. The average Bonchev–Trinajstić information content (AvgIpc) is 2.30. The Labute approximate surface area is 92.6 Å². The number of pyridine rings is 1. The number of amides is 1. The van der Waals surface area contributed by atoms with Crippen molar-refractivity contribution in [2.75, 3.05) is 5.32 Å². The maximum Gasteiger partial charge on any atom is 0.409 e. The highest BCUT2D eigenvalue weighted by Gasteiger charge is 2.00. The summed E-state index contributed by atoms with van der Waals surface area (Å²) >= 11 is 0. The highest BCUT2D eigenvalue weighted by atomic mass is 16.4. The van der Waals surface area contributed by atoms with Crippen molar-refractivity contribution in [3.05, 3.63) is 48.7 Å². The number of carbonyl (C=O) groups is 1. The van der Waals surface area contributed by atoms with E-state index in [0.717, 1.165) is 11.3 Å². The fraction of sp³-hybridized carbons (Fsp3) is 0. The summed E-state index contributed by atoms with van der Waals surface area (Å²) in [6, 6.07) is 13.2. The van der Waals surface area contributed by atoms with Crippen LogP contribution in [0.2, 0.25) is 0 Å². The van der Waals surface area contributed by atoms with Crippen molar-refractivity contribution in [3.8, 4) is 11.3 Å². The lowest BCUT2D eigenvalue weighted by Gasteiger charge is -2.02. The smallest absolute Gasteiger partial charge is 0.409 e. The van der Waals surface area contributed by atoms with Gasteiger partial charge >= 0.3 is 6.09 Å². The average molecular weight is 214 g/mol. The van der Waals surface area contributed by atoms with Gasteiger partial charge < -0.3 is 5.11 Å². The van der Waals surface area contributed by atoms with Crippen molar-refractivity contribution in [1.82, 2.24) is 4.98 Å². The molecular weight excluding hydrogens is 204 g/mol. The highest BCUT2D eigenvalue weighted by molar-refractivity contribution is 5.82. The molecule has 80 valence electrons. The second kappa shape index (κ2) is 4.44. The van der Waals surface area contributed by atoms with Crippen LogP contribution in [0, 0.1) is 0 Å². The summed E-state index contributed by atoms with van der Waals surface area (Å²) in [7, 11) is 0. The van der Waals surface area contributed by atoms with Crippen LogP contribution in [0.25, 0.3) is 11.3 Å². The van der Waals surface area contributed by atoms with Crippen LogP contribution in [0.4, 0.5) is 10.5 Å². The van der Waals surface area contributed by atoms with Crippen LogP contribution >= 0.6 is 0 Å². The van der Waals surface area contributed by atoms with Crippen LogP contribution in [0.3, 0.4) is 0 Å². The van der Waals surface area contributed by atoms with Crippen molar-refractivity contribution in [2.45, 2.75) is 0 Å². The monoisotopic (exact) mass is 214 g/mol. The zero-order chi connectivity index (χ0) is 11.4. The van der Waals surface area contributed by atoms with E-state index in [0.29, 0.717) is 5.69 Å². The minimum absolute atomic E-state index is 0.465. The summed E-state index contributed by atoms with van der Waals surface area (Å²) in [5.41, 5.74) is 2.29. The van der Waals surface area contributed by atoms with Crippen LogP contribution in [-0.2, 0) is 0 Å². The van der Waals surface area contributed by atoms with Crippen LogP contribution in [-0.4, -0.2) is 16.2 Å². The molecule has 2 rings (SSSR count). The van der Waals surface area contributed by atoms with Gasteiger partial charge in [-0.3, -0.25) is 10.3 Å². The van der Waals surface area contributed by atoms with Gasteiger partial charge in [-0.15, -0.1) is 0 Å². The number of nitrogens with zero attached hydrogens (tertiary/aromatic N) is 1. The van der Waals surface area contributed by atoms with Crippen LogP contribution in [0.15, 0.2) is 48.7 Å². The molecule has 0 fully saturated rings. The predicted molar refractivity (Wildman–Crippen MR) is 61.3 cm³/mol. The Bertz CT molecular complexity index is 480. The number of aromatic nitrogens is 1. The molecule has 1 aromatic carbocycles. The van der Waals surface area contributed by atoms with Gasteiger partial charge in [0.2, 0.25) is 0 Å². The summed E-state index contributed by atoms with van der Waals surface area (Å²) in [6.07, 6.45) is 0.408. The molecular formula is C12H10N2O2. The summed E-state index contributed by atoms with van der Waals surface area (Å²) in [6.45, 7) is 0. The molecule has 0 saturated carbocycles. The Hall–Kier alpha value is -2.36. The molecule has 0 aliphatic rings. The van der Waals surface area contributed by atoms with E-state index in [9.17, 15) is 4.79 Å². The second-order valence-electron chi connectivity index (χ2n) is 3.23. The van der Waals surface area contributed by atoms with Crippen LogP contribution in [0.1, 0.15) is 0 Å². The van der Waals surface area contributed by atoms with E-state index in [1.165, 1.54) is 6.20 Å². The van der Waals surface area contributed by atoms with Gasteiger partial charge in [-0.25, -0.2) is 4.79 Å². The maximum absolute atomic E-state index is 10.4. The zero-order valence-electron chi connectivity index (χ0n) is 8.42. The number of hydrogen-bond acceptors (Lipinski definition) is 2. The lowest BCUT2D eigenvalue weighted by Crippen LogP contribution is -2.07. The van der Waals surface area contributed by atoms with Gasteiger partial charge in [0.05, 0.1) is 17.6 Å². The van der Waals surface area contributed by atoms with Crippen molar-refractivity contribution in [2.24, 2.45) is 0 Å². The minimum Gasteiger partial charge on any atom is -0.465 e. The molecule has 0 spiro atoms. The third-order valence-electron chi connectivity index (χ3n) is 2.08. The summed E-state index contributed by atoms with van der Waals surface area (Å²) in [5.74, 6) is 0. The molecule has 0 aliphatic carbocycles. The summed E-state index contributed by atoms with van der Waals surface area (Å²) in [5, 5.41) is 10.8. The Morgan fingerprint density at radius 1 is 1.12 bits per heavy atom. The number of anilines is 1. The maximum atomic E-state index is 10.4. The molecule has 0 atom stereocenters. The molecule has 0 bridgehead atoms. The summed E-state index contributed by atoms with van der Waals surface area (Å²) in [4.78, 5) is 14.6. The molecule has 0 unspecified atom stereocenters. The lowest BCUT2D eigenvalue weighted by atomic mass is 10.1. The van der Waals surface area contributed by atoms with Gasteiger partial charge in [-0.05, 0) is 12.1 Å². The first-order valence-electron chi connectivity index (χ1n) is 4.77. The van der Waals surface area contributed by atoms with Gasteiger partial charge in [-0.2, -0.15) is 0 Å². The van der Waals surface area contributed by atoms with Crippen molar-refractivity contribution >= 4 is 11.8 Å². The van der Waals surface area contributed by atoms with E-state index < -0.39 is 6.09 Å². The lowest BCUT2D eigenvalue weighted by molar-refractivity contribution is 0.209. The van der Waals surface area contributed by atoms with E-state index in [-0.39, 0.29) is 0 Å². The third kappa shape index (κ3) is 2.36.